The van der Waals surface area contributed by atoms with Gasteiger partial charge >= 0.3 is 0 Å². The van der Waals surface area contributed by atoms with Gasteiger partial charge in [-0.25, -0.2) is 0 Å². The van der Waals surface area contributed by atoms with E-state index < -0.39 is 0 Å². The van der Waals surface area contributed by atoms with Gasteiger partial charge in [0.25, 0.3) is 0 Å². The summed E-state index contributed by atoms with van der Waals surface area (Å²) in [5.74, 6) is 0.130. The van der Waals surface area contributed by atoms with Gasteiger partial charge in [0.2, 0.25) is 0 Å². The molecule has 0 atom stereocenters. The molecule has 0 saturated carbocycles. The molecule has 0 N–H and O–H groups in total. The Morgan fingerprint density at radius 3 is 2.41 bits per heavy atom. The highest BCUT2D eigenvalue weighted by Crippen LogP contribution is 2.19. The van der Waals surface area contributed by atoms with Crippen LogP contribution >= 0.6 is 0 Å². The third kappa shape index (κ3) is 3.41. The quantitative estimate of drug-likeness (QED) is 0.489. The molecule has 110 valence electrons. The average Bonchev–Trinajstić information content (AvgIpc) is 2.59. The Bertz CT molecular complexity index is 758. The molecule has 3 aromatic carbocycles. The standard InChI is InChI=1S/C20H18O2/c21-20(13-14-22-15-16-7-2-1-3-8-16)19-12-6-10-17-9-4-5-11-18(17)19/h1-12H,13-15H2. The number of benzene rings is 3. The Labute approximate surface area is 130 Å². The lowest BCUT2D eigenvalue weighted by atomic mass is 10.0. The Hall–Kier alpha value is -2.45. The summed E-state index contributed by atoms with van der Waals surface area (Å²) in [7, 11) is 0. The van der Waals surface area contributed by atoms with E-state index in [1.807, 2.05) is 72.8 Å². The van der Waals surface area contributed by atoms with Crippen LogP contribution < -0.4 is 0 Å². The van der Waals surface area contributed by atoms with Gasteiger partial charge < -0.3 is 4.74 Å². The molecule has 2 nitrogen and oxygen atoms in total. The van der Waals surface area contributed by atoms with Gasteiger partial charge in [-0.1, -0.05) is 72.8 Å². The minimum absolute atomic E-state index is 0.130. The smallest absolute Gasteiger partial charge is 0.165 e. The van der Waals surface area contributed by atoms with Crippen molar-refractivity contribution in [3.8, 4) is 0 Å². The van der Waals surface area contributed by atoms with E-state index >= 15 is 0 Å². The number of hydrogen-bond acceptors (Lipinski definition) is 2. The Morgan fingerprint density at radius 2 is 1.55 bits per heavy atom. The predicted octanol–water partition coefficient (Wildman–Crippen LogP) is 4.63. The van der Waals surface area contributed by atoms with Gasteiger partial charge in [-0.2, -0.15) is 0 Å². The van der Waals surface area contributed by atoms with Crippen LogP contribution in [0.5, 0.6) is 0 Å². The second-order valence-corrected chi connectivity index (χ2v) is 5.24. The maximum atomic E-state index is 12.4. The van der Waals surface area contributed by atoms with Crippen LogP contribution in [0, 0.1) is 0 Å². The Morgan fingerprint density at radius 1 is 0.818 bits per heavy atom. The first-order chi connectivity index (χ1) is 10.8. The number of carbonyl (C=O) groups is 1. The fourth-order valence-corrected chi connectivity index (χ4v) is 2.53. The van der Waals surface area contributed by atoms with Crippen molar-refractivity contribution in [2.45, 2.75) is 13.0 Å². The molecule has 0 aliphatic carbocycles. The minimum Gasteiger partial charge on any atom is -0.376 e. The largest absolute Gasteiger partial charge is 0.376 e. The predicted molar refractivity (Wildman–Crippen MR) is 89.0 cm³/mol. The van der Waals surface area contributed by atoms with Crippen LogP contribution in [0.1, 0.15) is 22.3 Å². The van der Waals surface area contributed by atoms with Crippen LogP contribution in [0.3, 0.4) is 0 Å². The number of carbonyl (C=O) groups excluding carboxylic acids is 1. The lowest BCUT2D eigenvalue weighted by Crippen LogP contribution is -2.05. The third-order valence-corrected chi connectivity index (χ3v) is 3.68. The third-order valence-electron chi connectivity index (χ3n) is 3.68. The molecular weight excluding hydrogens is 272 g/mol. The zero-order valence-electron chi connectivity index (χ0n) is 12.4. The van der Waals surface area contributed by atoms with Crippen molar-refractivity contribution in [3.63, 3.8) is 0 Å². The summed E-state index contributed by atoms with van der Waals surface area (Å²) >= 11 is 0. The molecule has 0 spiro atoms. The first kappa shape index (κ1) is 14.5. The van der Waals surface area contributed by atoms with Crippen molar-refractivity contribution in [1.29, 1.82) is 0 Å². The molecule has 0 bridgehead atoms. The highest BCUT2D eigenvalue weighted by atomic mass is 16.5. The molecule has 0 heterocycles. The topological polar surface area (TPSA) is 26.3 Å². The minimum atomic E-state index is 0.130. The molecule has 0 aliphatic rings. The highest BCUT2D eigenvalue weighted by molar-refractivity contribution is 6.08. The van der Waals surface area contributed by atoms with E-state index in [9.17, 15) is 4.79 Å². The number of hydrogen-bond donors (Lipinski definition) is 0. The molecule has 0 amide bonds. The number of rotatable bonds is 6. The summed E-state index contributed by atoms with van der Waals surface area (Å²) in [4.78, 5) is 12.4. The molecule has 2 heteroatoms. The van der Waals surface area contributed by atoms with Gasteiger partial charge in [0.1, 0.15) is 0 Å². The first-order valence-electron chi connectivity index (χ1n) is 7.47. The van der Waals surface area contributed by atoms with Crippen LogP contribution in [0.2, 0.25) is 0 Å². The lowest BCUT2D eigenvalue weighted by molar-refractivity contribution is 0.0850. The van der Waals surface area contributed by atoms with Crippen LogP contribution in [0.25, 0.3) is 10.8 Å². The fourth-order valence-electron chi connectivity index (χ4n) is 2.53. The molecule has 0 aliphatic heterocycles. The van der Waals surface area contributed by atoms with E-state index in [1.165, 1.54) is 0 Å². The van der Waals surface area contributed by atoms with Crippen molar-refractivity contribution in [2.75, 3.05) is 6.61 Å². The molecule has 3 aromatic rings. The number of ketones is 1. The van der Waals surface area contributed by atoms with Crippen molar-refractivity contribution in [3.05, 3.63) is 83.9 Å². The summed E-state index contributed by atoms with van der Waals surface area (Å²) in [5, 5.41) is 2.11. The zero-order chi connectivity index (χ0) is 15.2. The Balaban J connectivity index is 1.60. The van der Waals surface area contributed by atoms with Gasteiger partial charge in [-0.05, 0) is 16.3 Å². The normalized spacial score (nSPS) is 10.7. The Kier molecular flexibility index (Phi) is 4.62. The molecule has 0 fully saturated rings. The number of ether oxygens (including phenoxy) is 1. The van der Waals surface area contributed by atoms with E-state index in [-0.39, 0.29) is 5.78 Å². The van der Waals surface area contributed by atoms with Crippen LogP contribution in [-0.4, -0.2) is 12.4 Å². The first-order valence-corrected chi connectivity index (χ1v) is 7.47. The molecule has 22 heavy (non-hydrogen) atoms. The van der Waals surface area contributed by atoms with Gasteiger partial charge in [-0.3, -0.25) is 4.79 Å². The van der Waals surface area contributed by atoms with Crippen molar-refractivity contribution < 1.29 is 9.53 Å². The fraction of sp³-hybridized carbons (Fsp3) is 0.150. The van der Waals surface area contributed by atoms with Crippen LogP contribution in [0.15, 0.2) is 72.8 Å². The van der Waals surface area contributed by atoms with E-state index in [2.05, 4.69) is 0 Å². The van der Waals surface area contributed by atoms with Crippen molar-refractivity contribution in [2.24, 2.45) is 0 Å². The lowest BCUT2D eigenvalue weighted by Gasteiger charge is -2.07. The average molecular weight is 290 g/mol. The number of fused-ring (bicyclic) bond motifs is 1. The van der Waals surface area contributed by atoms with Crippen molar-refractivity contribution >= 4 is 16.6 Å². The van der Waals surface area contributed by atoms with Crippen LogP contribution in [-0.2, 0) is 11.3 Å². The van der Waals surface area contributed by atoms with Gasteiger partial charge in [-0.15, -0.1) is 0 Å². The molecular formula is C20H18O2. The SMILES string of the molecule is O=C(CCOCc1ccccc1)c1cccc2ccccc12. The molecule has 3 rings (SSSR count). The summed E-state index contributed by atoms with van der Waals surface area (Å²) in [6.07, 6.45) is 0.404. The van der Waals surface area contributed by atoms with E-state index in [0.29, 0.717) is 19.6 Å². The second-order valence-electron chi connectivity index (χ2n) is 5.24. The van der Waals surface area contributed by atoms with E-state index in [0.717, 1.165) is 21.9 Å². The molecule has 0 saturated heterocycles. The monoisotopic (exact) mass is 290 g/mol. The molecule has 0 unspecified atom stereocenters. The highest BCUT2D eigenvalue weighted by Gasteiger charge is 2.09. The summed E-state index contributed by atoms with van der Waals surface area (Å²) < 4.78 is 5.60. The summed E-state index contributed by atoms with van der Waals surface area (Å²) in [6.45, 7) is 0.987. The number of Topliss-reactive ketones (excluding diaryl/α,β-unsaturated/α-hetero) is 1. The van der Waals surface area contributed by atoms with Crippen molar-refractivity contribution in [1.82, 2.24) is 0 Å². The molecule has 0 aromatic heterocycles. The van der Waals surface area contributed by atoms with Gasteiger partial charge in [0.05, 0.1) is 13.2 Å². The van der Waals surface area contributed by atoms with Gasteiger partial charge in [0.15, 0.2) is 5.78 Å². The summed E-state index contributed by atoms with van der Waals surface area (Å²) in [6, 6.07) is 23.8. The van der Waals surface area contributed by atoms with E-state index in [1.54, 1.807) is 0 Å². The van der Waals surface area contributed by atoms with Gasteiger partial charge in [0, 0.05) is 12.0 Å². The van der Waals surface area contributed by atoms with E-state index in [4.69, 9.17) is 4.74 Å². The second kappa shape index (κ2) is 7.01. The molecule has 0 radical (unpaired) electrons. The maximum absolute atomic E-state index is 12.4. The zero-order valence-corrected chi connectivity index (χ0v) is 12.4. The summed E-state index contributed by atoms with van der Waals surface area (Å²) in [5.41, 5.74) is 1.90. The van der Waals surface area contributed by atoms with Crippen LogP contribution in [0.4, 0.5) is 0 Å². The maximum Gasteiger partial charge on any atom is 0.165 e.